The highest BCUT2D eigenvalue weighted by Crippen LogP contribution is 2.36. The van der Waals surface area contributed by atoms with Gasteiger partial charge in [0.15, 0.2) is 12.0 Å². The molecule has 0 saturated heterocycles. The van der Waals surface area contributed by atoms with Crippen LogP contribution >= 0.6 is 11.6 Å². The molecule has 4 nitrogen and oxygen atoms in total. The lowest BCUT2D eigenvalue weighted by Crippen LogP contribution is -2.09. The summed E-state index contributed by atoms with van der Waals surface area (Å²) in [6.45, 7) is 0. The summed E-state index contributed by atoms with van der Waals surface area (Å²) in [6, 6.07) is 5.96. The van der Waals surface area contributed by atoms with Crippen LogP contribution in [0.4, 0.5) is 13.2 Å². The lowest BCUT2D eigenvalue weighted by atomic mass is 10.2. The SMILES string of the molecule is Cn1nc(C(F)(F)F)c(C=O)c1Oc1ccc(Cl)cc1. The number of benzene rings is 1. The largest absolute Gasteiger partial charge is 0.439 e. The van der Waals surface area contributed by atoms with Crippen molar-refractivity contribution in [2.45, 2.75) is 6.18 Å². The Bertz CT molecular complexity index is 635. The number of aldehydes is 1. The summed E-state index contributed by atoms with van der Waals surface area (Å²) in [6.07, 6.45) is -4.66. The maximum atomic E-state index is 12.7. The summed E-state index contributed by atoms with van der Waals surface area (Å²) in [5, 5.41) is 3.73. The summed E-state index contributed by atoms with van der Waals surface area (Å²) in [5.74, 6) is -0.0381. The van der Waals surface area contributed by atoms with E-state index >= 15 is 0 Å². The predicted octanol–water partition coefficient (Wildman–Crippen LogP) is 3.70. The van der Waals surface area contributed by atoms with Gasteiger partial charge in [-0.2, -0.15) is 18.3 Å². The molecule has 1 heterocycles. The smallest absolute Gasteiger partial charge is 0.436 e. The topological polar surface area (TPSA) is 44.1 Å². The van der Waals surface area contributed by atoms with Crippen LogP contribution in [0.3, 0.4) is 0 Å². The van der Waals surface area contributed by atoms with Crippen molar-refractivity contribution in [2.24, 2.45) is 7.05 Å². The maximum absolute atomic E-state index is 12.7. The molecule has 2 aromatic rings. The summed E-state index contributed by atoms with van der Waals surface area (Å²) in [7, 11) is 1.26. The van der Waals surface area contributed by atoms with Gasteiger partial charge in [0.25, 0.3) is 0 Å². The van der Waals surface area contributed by atoms with E-state index in [-0.39, 0.29) is 17.9 Å². The van der Waals surface area contributed by atoms with Crippen molar-refractivity contribution in [2.75, 3.05) is 0 Å². The Morgan fingerprint density at radius 2 is 1.90 bits per heavy atom. The minimum atomic E-state index is -4.73. The first kappa shape index (κ1) is 14.4. The number of aromatic nitrogens is 2. The molecule has 1 aromatic carbocycles. The third-order valence-corrected chi connectivity index (χ3v) is 2.70. The van der Waals surface area contributed by atoms with E-state index in [2.05, 4.69) is 5.10 Å². The van der Waals surface area contributed by atoms with Crippen molar-refractivity contribution in [1.29, 1.82) is 0 Å². The zero-order valence-corrected chi connectivity index (χ0v) is 10.9. The van der Waals surface area contributed by atoms with Crippen molar-refractivity contribution >= 4 is 17.9 Å². The number of carbonyl (C=O) groups excluding carboxylic acids is 1. The Morgan fingerprint density at radius 3 is 2.40 bits per heavy atom. The molecule has 0 unspecified atom stereocenters. The van der Waals surface area contributed by atoms with Crippen molar-refractivity contribution in [3.05, 3.63) is 40.5 Å². The van der Waals surface area contributed by atoms with Crippen molar-refractivity contribution in [1.82, 2.24) is 9.78 Å². The van der Waals surface area contributed by atoms with Gasteiger partial charge in [-0.15, -0.1) is 0 Å². The summed E-state index contributed by atoms with van der Waals surface area (Å²) < 4.78 is 44.3. The number of halogens is 4. The fourth-order valence-corrected chi connectivity index (χ4v) is 1.70. The van der Waals surface area contributed by atoms with E-state index in [1.54, 1.807) is 0 Å². The molecule has 0 aliphatic rings. The quantitative estimate of drug-likeness (QED) is 0.812. The normalized spacial score (nSPS) is 11.4. The summed E-state index contributed by atoms with van der Waals surface area (Å²) in [5.41, 5.74) is -1.92. The molecule has 0 amide bonds. The van der Waals surface area contributed by atoms with Crippen molar-refractivity contribution in [3.8, 4) is 11.6 Å². The highest BCUT2D eigenvalue weighted by Gasteiger charge is 2.39. The number of ether oxygens (including phenoxy) is 1. The van der Waals surface area contributed by atoms with E-state index in [1.165, 1.54) is 31.3 Å². The standard InChI is InChI=1S/C12H8ClF3N2O2/c1-18-11(20-8-4-2-7(13)3-5-8)9(6-19)10(17-18)12(14,15)16/h2-6H,1H3. The Balaban J connectivity index is 2.44. The third-order valence-electron chi connectivity index (χ3n) is 2.44. The summed E-state index contributed by atoms with van der Waals surface area (Å²) in [4.78, 5) is 10.9. The molecule has 0 fully saturated rings. The third kappa shape index (κ3) is 2.77. The van der Waals surface area contributed by atoms with Gasteiger partial charge >= 0.3 is 6.18 Å². The highest BCUT2D eigenvalue weighted by molar-refractivity contribution is 6.30. The first-order valence-corrected chi connectivity index (χ1v) is 5.73. The van der Waals surface area contributed by atoms with E-state index in [4.69, 9.17) is 16.3 Å². The van der Waals surface area contributed by atoms with Gasteiger partial charge < -0.3 is 4.74 Å². The molecule has 1 aromatic heterocycles. The zero-order valence-electron chi connectivity index (χ0n) is 10.1. The minimum Gasteiger partial charge on any atom is -0.439 e. The minimum absolute atomic E-state index is 0.0705. The van der Waals surface area contributed by atoms with Crippen molar-refractivity contribution in [3.63, 3.8) is 0 Å². The van der Waals surface area contributed by atoms with Gasteiger partial charge in [0.05, 0.1) is 0 Å². The number of carbonyl (C=O) groups is 1. The average molecular weight is 305 g/mol. The van der Waals surface area contributed by atoms with Crippen LogP contribution in [0.5, 0.6) is 11.6 Å². The molecular weight excluding hydrogens is 297 g/mol. The van der Waals surface area contributed by atoms with Crippen LogP contribution in [-0.2, 0) is 13.2 Å². The van der Waals surface area contributed by atoms with Gasteiger partial charge in [-0.3, -0.25) is 4.79 Å². The first-order chi connectivity index (χ1) is 9.32. The van der Waals surface area contributed by atoms with Crippen LogP contribution in [0, 0.1) is 0 Å². The maximum Gasteiger partial charge on any atom is 0.436 e. The number of aryl methyl sites for hydroxylation is 1. The molecule has 0 bridgehead atoms. The second-order valence-electron chi connectivity index (χ2n) is 3.86. The Morgan fingerprint density at radius 1 is 1.30 bits per heavy atom. The monoisotopic (exact) mass is 304 g/mol. The van der Waals surface area contributed by atoms with E-state index in [9.17, 15) is 18.0 Å². The summed E-state index contributed by atoms with van der Waals surface area (Å²) >= 11 is 5.69. The molecule has 0 aliphatic carbocycles. The number of alkyl halides is 3. The van der Waals surface area contributed by atoms with Gasteiger partial charge in [0.1, 0.15) is 11.3 Å². The predicted molar refractivity (Wildman–Crippen MR) is 65.1 cm³/mol. The van der Waals surface area contributed by atoms with E-state index in [1.807, 2.05) is 0 Å². The number of nitrogens with zero attached hydrogens (tertiary/aromatic N) is 2. The fraction of sp³-hybridized carbons (Fsp3) is 0.167. The van der Waals surface area contributed by atoms with E-state index in [0.29, 0.717) is 5.02 Å². The molecule has 0 atom stereocenters. The Labute approximate surface area is 116 Å². The van der Waals surface area contributed by atoms with Crippen LogP contribution in [0.2, 0.25) is 5.02 Å². The fourth-order valence-electron chi connectivity index (χ4n) is 1.58. The Hall–Kier alpha value is -2.02. The molecule has 0 saturated carbocycles. The molecule has 8 heteroatoms. The van der Waals surface area contributed by atoms with Gasteiger partial charge in [-0.05, 0) is 24.3 Å². The molecule has 20 heavy (non-hydrogen) atoms. The average Bonchev–Trinajstić information content (AvgIpc) is 2.69. The van der Waals surface area contributed by atoms with Crippen LogP contribution in [0.15, 0.2) is 24.3 Å². The highest BCUT2D eigenvalue weighted by atomic mass is 35.5. The van der Waals surface area contributed by atoms with Crippen LogP contribution in [0.1, 0.15) is 16.1 Å². The van der Waals surface area contributed by atoms with Gasteiger partial charge in [-0.1, -0.05) is 11.6 Å². The number of hydrogen-bond donors (Lipinski definition) is 0. The zero-order chi connectivity index (χ0) is 14.9. The molecule has 0 aliphatic heterocycles. The second kappa shape index (κ2) is 5.16. The lowest BCUT2D eigenvalue weighted by molar-refractivity contribution is -0.141. The van der Waals surface area contributed by atoms with Gasteiger partial charge in [0.2, 0.25) is 5.88 Å². The molecule has 0 radical (unpaired) electrons. The molecule has 106 valence electrons. The molecule has 0 spiro atoms. The lowest BCUT2D eigenvalue weighted by Gasteiger charge is -2.06. The Kier molecular flexibility index (Phi) is 3.71. The number of rotatable bonds is 3. The van der Waals surface area contributed by atoms with E-state index in [0.717, 1.165) is 4.68 Å². The van der Waals surface area contributed by atoms with Crippen LogP contribution in [0.25, 0.3) is 0 Å². The molecular formula is C12H8ClF3N2O2. The molecule has 0 N–H and O–H groups in total. The van der Waals surface area contributed by atoms with Crippen LogP contribution in [-0.4, -0.2) is 16.1 Å². The second-order valence-corrected chi connectivity index (χ2v) is 4.30. The van der Waals surface area contributed by atoms with E-state index < -0.39 is 17.4 Å². The number of hydrogen-bond acceptors (Lipinski definition) is 3. The molecule has 2 rings (SSSR count). The van der Waals surface area contributed by atoms with Crippen molar-refractivity contribution < 1.29 is 22.7 Å². The first-order valence-electron chi connectivity index (χ1n) is 5.35. The van der Waals surface area contributed by atoms with Crippen LogP contribution < -0.4 is 4.74 Å². The van der Waals surface area contributed by atoms with Gasteiger partial charge in [0, 0.05) is 12.1 Å². The van der Waals surface area contributed by atoms with Gasteiger partial charge in [-0.25, -0.2) is 4.68 Å².